The summed E-state index contributed by atoms with van der Waals surface area (Å²) in [6, 6.07) is 1.97. The number of thiazole rings is 1. The molecule has 0 spiro atoms. The predicted molar refractivity (Wildman–Crippen MR) is 76.8 cm³/mol. The number of carbonyl (C=O) groups excluding carboxylic acids is 1. The van der Waals surface area contributed by atoms with Gasteiger partial charge in [0.1, 0.15) is 5.00 Å². The van der Waals surface area contributed by atoms with Crippen LogP contribution in [0.5, 0.6) is 0 Å². The predicted octanol–water partition coefficient (Wildman–Crippen LogP) is 3.30. The molecule has 0 atom stereocenters. The van der Waals surface area contributed by atoms with Crippen LogP contribution in [0.15, 0.2) is 17.8 Å². The molecule has 2 rings (SSSR count). The topological polar surface area (TPSA) is 59.8 Å². The zero-order valence-electron chi connectivity index (χ0n) is 11.5. The number of aromatic nitrogens is 3. The molecule has 1 amide bonds. The first-order chi connectivity index (χ1) is 8.99. The van der Waals surface area contributed by atoms with Crippen molar-refractivity contribution in [3.8, 4) is 0 Å². The molecule has 19 heavy (non-hydrogen) atoms. The van der Waals surface area contributed by atoms with Crippen molar-refractivity contribution >= 4 is 22.2 Å². The van der Waals surface area contributed by atoms with Crippen LogP contribution in [0, 0.1) is 0 Å². The van der Waals surface area contributed by atoms with Crippen LogP contribution in [0.2, 0.25) is 0 Å². The third-order valence-corrected chi connectivity index (χ3v) is 3.50. The van der Waals surface area contributed by atoms with Crippen LogP contribution in [-0.2, 0) is 0 Å². The second kappa shape index (κ2) is 5.52. The zero-order chi connectivity index (χ0) is 14.0. The lowest BCUT2D eigenvalue weighted by Gasteiger charge is -2.06. The number of hydrogen-bond donors (Lipinski definition) is 1. The Kier molecular flexibility index (Phi) is 3.99. The second-order valence-electron chi connectivity index (χ2n) is 4.95. The molecule has 0 saturated heterocycles. The van der Waals surface area contributed by atoms with Gasteiger partial charge >= 0.3 is 0 Å². The lowest BCUT2D eigenvalue weighted by Crippen LogP contribution is -2.14. The fourth-order valence-corrected chi connectivity index (χ4v) is 2.51. The van der Waals surface area contributed by atoms with Crippen LogP contribution in [0.4, 0.5) is 5.00 Å². The van der Waals surface area contributed by atoms with Crippen molar-refractivity contribution in [3.05, 3.63) is 29.2 Å². The van der Waals surface area contributed by atoms with E-state index in [-0.39, 0.29) is 17.9 Å². The molecular weight excluding hydrogens is 260 g/mol. The van der Waals surface area contributed by atoms with Crippen molar-refractivity contribution in [2.24, 2.45) is 0 Å². The molecule has 6 heteroatoms. The Morgan fingerprint density at radius 3 is 2.68 bits per heavy atom. The molecule has 102 valence electrons. The van der Waals surface area contributed by atoms with Crippen LogP contribution in [0.1, 0.15) is 55.8 Å². The third-order valence-electron chi connectivity index (χ3n) is 2.74. The first-order valence-corrected chi connectivity index (χ1v) is 7.17. The van der Waals surface area contributed by atoms with Crippen molar-refractivity contribution in [2.75, 3.05) is 5.32 Å². The number of anilines is 1. The van der Waals surface area contributed by atoms with Gasteiger partial charge in [-0.15, -0.1) is 11.3 Å². The van der Waals surface area contributed by atoms with Crippen LogP contribution >= 0.6 is 11.3 Å². The van der Waals surface area contributed by atoms with Gasteiger partial charge in [-0.3, -0.25) is 9.48 Å². The molecule has 1 N–H and O–H groups in total. The van der Waals surface area contributed by atoms with Crippen molar-refractivity contribution < 1.29 is 4.79 Å². The van der Waals surface area contributed by atoms with E-state index in [1.54, 1.807) is 16.3 Å². The summed E-state index contributed by atoms with van der Waals surface area (Å²) in [6.07, 6.45) is 1.82. The van der Waals surface area contributed by atoms with E-state index in [1.165, 1.54) is 11.3 Å². The lowest BCUT2D eigenvalue weighted by atomic mass is 10.1. The third kappa shape index (κ3) is 3.01. The van der Waals surface area contributed by atoms with E-state index in [9.17, 15) is 4.79 Å². The molecule has 5 nitrogen and oxygen atoms in total. The number of nitrogens with one attached hydrogen (secondary N) is 1. The summed E-state index contributed by atoms with van der Waals surface area (Å²) in [4.78, 5) is 16.4. The Labute approximate surface area is 116 Å². The van der Waals surface area contributed by atoms with Gasteiger partial charge in [0.15, 0.2) is 5.69 Å². The van der Waals surface area contributed by atoms with Gasteiger partial charge in [-0.2, -0.15) is 5.10 Å². The minimum atomic E-state index is -0.189. The highest BCUT2D eigenvalue weighted by Gasteiger charge is 2.16. The number of rotatable bonds is 4. The number of nitrogens with zero attached hydrogens (tertiary/aromatic N) is 3. The summed E-state index contributed by atoms with van der Waals surface area (Å²) in [6.45, 7) is 8.15. The Morgan fingerprint density at radius 1 is 1.37 bits per heavy atom. The lowest BCUT2D eigenvalue weighted by molar-refractivity contribution is 0.102. The highest BCUT2D eigenvalue weighted by molar-refractivity contribution is 7.14. The molecule has 0 saturated carbocycles. The number of carbonyl (C=O) groups is 1. The van der Waals surface area contributed by atoms with Gasteiger partial charge in [-0.25, -0.2) is 4.98 Å². The number of amides is 1. The summed E-state index contributed by atoms with van der Waals surface area (Å²) in [7, 11) is 0. The van der Waals surface area contributed by atoms with E-state index < -0.39 is 0 Å². The molecular formula is C13H18N4OS. The van der Waals surface area contributed by atoms with Crippen LogP contribution < -0.4 is 5.32 Å². The average Bonchev–Trinajstić information content (AvgIpc) is 2.96. The first kappa shape index (κ1) is 13.7. The Balaban J connectivity index is 2.14. The van der Waals surface area contributed by atoms with Gasteiger partial charge < -0.3 is 5.32 Å². The zero-order valence-corrected chi connectivity index (χ0v) is 12.4. The van der Waals surface area contributed by atoms with E-state index in [1.807, 2.05) is 20.0 Å². The first-order valence-electron chi connectivity index (χ1n) is 6.29. The van der Waals surface area contributed by atoms with Gasteiger partial charge in [0, 0.05) is 12.2 Å². The van der Waals surface area contributed by atoms with E-state index in [2.05, 4.69) is 29.2 Å². The summed E-state index contributed by atoms with van der Waals surface area (Å²) in [5.74, 6) is 0.0975. The average molecular weight is 278 g/mol. The summed E-state index contributed by atoms with van der Waals surface area (Å²) in [5, 5.41) is 7.94. The molecule has 0 bridgehead atoms. The molecule has 0 unspecified atom stereocenters. The highest BCUT2D eigenvalue weighted by Crippen LogP contribution is 2.27. The Bertz CT molecular complexity index is 571. The fraction of sp³-hybridized carbons (Fsp3) is 0.462. The van der Waals surface area contributed by atoms with Crippen LogP contribution in [-0.4, -0.2) is 20.7 Å². The van der Waals surface area contributed by atoms with Crippen molar-refractivity contribution in [1.82, 2.24) is 14.8 Å². The molecule has 2 aromatic heterocycles. The van der Waals surface area contributed by atoms with Gasteiger partial charge in [0.25, 0.3) is 5.91 Å². The van der Waals surface area contributed by atoms with E-state index >= 15 is 0 Å². The Morgan fingerprint density at radius 2 is 2.11 bits per heavy atom. The van der Waals surface area contributed by atoms with Crippen molar-refractivity contribution in [2.45, 2.75) is 39.7 Å². The molecule has 0 fully saturated rings. The molecule has 0 aliphatic carbocycles. The summed E-state index contributed by atoms with van der Waals surface area (Å²) in [5.41, 5.74) is 3.09. The monoisotopic (exact) mass is 278 g/mol. The van der Waals surface area contributed by atoms with E-state index in [4.69, 9.17) is 0 Å². The van der Waals surface area contributed by atoms with E-state index in [0.717, 1.165) is 10.7 Å². The van der Waals surface area contributed by atoms with Crippen LogP contribution in [0.25, 0.3) is 0 Å². The standard InChI is InChI=1S/C13H18N4OS/c1-8(2)11-13(19-7-14-11)15-12(18)10-5-6-17(16-10)9(3)4/h5-9H,1-4H3,(H,15,18). The molecule has 0 radical (unpaired) electrons. The maximum Gasteiger partial charge on any atom is 0.276 e. The van der Waals surface area contributed by atoms with Crippen molar-refractivity contribution in [1.29, 1.82) is 0 Å². The van der Waals surface area contributed by atoms with Gasteiger partial charge in [-0.05, 0) is 25.8 Å². The normalized spacial score (nSPS) is 11.3. The second-order valence-corrected chi connectivity index (χ2v) is 5.81. The molecule has 0 aliphatic rings. The Hall–Kier alpha value is -1.69. The maximum absolute atomic E-state index is 12.1. The molecule has 2 heterocycles. The molecule has 0 aliphatic heterocycles. The van der Waals surface area contributed by atoms with Crippen molar-refractivity contribution in [3.63, 3.8) is 0 Å². The smallest absolute Gasteiger partial charge is 0.276 e. The SMILES string of the molecule is CC(C)c1ncsc1NC(=O)c1ccn(C(C)C)n1. The summed E-state index contributed by atoms with van der Waals surface area (Å²) >= 11 is 1.44. The largest absolute Gasteiger partial charge is 0.311 e. The molecule has 2 aromatic rings. The minimum absolute atomic E-state index is 0.189. The van der Waals surface area contributed by atoms with Gasteiger partial charge in [-0.1, -0.05) is 13.8 Å². The van der Waals surface area contributed by atoms with Gasteiger partial charge in [0.05, 0.1) is 11.2 Å². The van der Waals surface area contributed by atoms with Crippen LogP contribution in [0.3, 0.4) is 0 Å². The maximum atomic E-state index is 12.1. The molecule has 0 aromatic carbocycles. The summed E-state index contributed by atoms with van der Waals surface area (Å²) < 4.78 is 1.77. The highest BCUT2D eigenvalue weighted by atomic mass is 32.1. The van der Waals surface area contributed by atoms with Gasteiger partial charge in [0.2, 0.25) is 0 Å². The minimum Gasteiger partial charge on any atom is -0.311 e. The fourth-order valence-electron chi connectivity index (χ4n) is 1.67. The quantitative estimate of drug-likeness (QED) is 0.933. The number of hydrogen-bond acceptors (Lipinski definition) is 4. The van der Waals surface area contributed by atoms with E-state index in [0.29, 0.717) is 5.69 Å².